The van der Waals surface area contributed by atoms with Gasteiger partial charge in [-0.05, 0) is 37.5 Å². The Hall–Kier alpha value is -2.15. The van der Waals surface area contributed by atoms with Crippen molar-refractivity contribution in [1.29, 1.82) is 0 Å². The number of carboxylic acid groups (broad SMARTS) is 1. The molecule has 2 fully saturated rings. The van der Waals surface area contributed by atoms with Gasteiger partial charge in [-0.2, -0.15) is 0 Å². The Morgan fingerprint density at radius 1 is 1.00 bits per heavy atom. The summed E-state index contributed by atoms with van der Waals surface area (Å²) in [7, 11) is 0. The van der Waals surface area contributed by atoms with Gasteiger partial charge in [0.1, 0.15) is 17.7 Å². The molecule has 0 aromatic heterocycles. The Kier molecular flexibility index (Phi) is 5.45. The van der Waals surface area contributed by atoms with E-state index in [9.17, 15) is 29.1 Å². The minimum Gasteiger partial charge on any atom is -0.481 e. The summed E-state index contributed by atoms with van der Waals surface area (Å²) in [4.78, 5) is 65.3. The lowest BCUT2D eigenvalue weighted by Crippen LogP contribution is -2.64. The Labute approximate surface area is 200 Å². The van der Waals surface area contributed by atoms with Gasteiger partial charge in [-0.15, -0.1) is 0 Å². The molecule has 0 aromatic rings. The molecular formula is C27H36O7. The third-order valence-corrected chi connectivity index (χ3v) is 10.6. The van der Waals surface area contributed by atoms with Gasteiger partial charge in [-0.25, -0.2) is 0 Å². The molecule has 0 unspecified atom stereocenters. The molecule has 0 saturated heterocycles. The first kappa shape index (κ1) is 25.0. The van der Waals surface area contributed by atoms with Gasteiger partial charge in [0.25, 0.3) is 0 Å². The minimum absolute atomic E-state index is 0.0657. The second-order valence-corrected chi connectivity index (χ2v) is 12.3. The molecule has 4 rings (SSSR count). The molecule has 34 heavy (non-hydrogen) atoms. The van der Waals surface area contributed by atoms with Crippen molar-refractivity contribution in [3.63, 3.8) is 0 Å². The maximum Gasteiger partial charge on any atom is 0.303 e. The Balaban J connectivity index is 1.91. The zero-order chi connectivity index (χ0) is 25.6. The van der Waals surface area contributed by atoms with Crippen molar-refractivity contribution >= 4 is 29.1 Å². The summed E-state index contributed by atoms with van der Waals surface area (Å²) in [5.41, 5.74) is -3.62. The van der Waals surface area contributed by atoms with Gasteiger partial charge in [0, 0.05) is 53.1 Å². The van der Waals surface area contributed by atoms with Crippen molar-refractivity contribution in [3.8, 4) is 0 Å². The molecule has 7 nitrogen and oxygen atoms in total. The van der Waals surface area contributed by atoms with Crippen LogP contribution in [-0.2, 0) is 24.0 Å². The maximum atomic E-state index is 13.9. The second kappa shape index (κ2) is 7.42. The molecule has 0 spiro atoms. The first-order valence-electron chi connectivity index (χ1n) is 12.3. The first-order chi connectivity index (χ1) is 15.6. The molecule has 0 aliphatic heterocycles. The molecule has 4 aliphatic carbocycles. The van der Waals surface area contributed by atoms with Crippen LogP contribution in [0.15, 0.2) is 11.1 Å². The first-order valence-corrected chi connectivity index (χ1v) is 12.3. The third-order valence-electron chi connectivity index (χ3n) is 10.6. The van der Waals surface area contributed by atoms with Crippen LogP contribution in [0.1, 0.15) is 80.1 Å². The van der Waals surface area contributed by atoms with Crippen LogP contribution in [0, 0.1) is 39.4 Å². The van der Waals surface area contributed by atoms with E-state index in [0.717, 1.165) is 0 Å². The highest BCUT2D eigenvalue weighted by atomic mass is 16.4. The number of ketones is 4. The lowest BCUT2D eigenvalue weighted by Gasteiger charge is -2.59. The van der Waals surface area contributed by atoms with E-state index in [4.69, 9.17) is 5.11 Å². The zero-order valence-corrected chi connectivity index (χ0v) is 21.0. The number of aliphatic carboxylic acids is 1. The standard InChI is InChI=1S/C27H36O7/c1-13(7-8-19(31)32)14-11-18(30)27(6)20-15(28)12-16-24(2,3)17(29)9-10-25(16,4)21(20)22(33)23(34)26(14,27)5/h13-14,16,23,34H,7-12H2,1-6H3,(H,31,32)/t13-,14-,16+,23+,25+,26+,27+/m1/s1. The fraction of sp³-hybridized carbons (Fsp3) is 0.741. The highest BCUT2D eigenvalue weighted by Gasteiger charge is 2.73. The molecule has 0 bridgehead atoms. The van der Waals surface area contributed by atoms with E-state index in [2.05, 4.69) is 0 Å². The van der Waals surface area contributed by atoms with E-state index >= 15 is 0 Å². The van der Waals surface area contributed by atoms with Gasteiger partial charge in [0.15, 0.2) is 11.6 Å². The summed E-state index contributed by atoms with van der Waals surface area (Å²) in [6.45, 7) is 10.8. The second-order valence-electron chi connectivity index (χ2n) is 12.3. The summed E-state index contributed by atoms with van der Waals surface area (Å²) in [5.74, 6) is -2.88. The van der Waals surface area contributed by atoms with Gasteiger partial charge >= 0.3 is 5.97 Å². The molecule has 7 heteroatoms. The molecule has 4 aliphatic rings. The summed E-state index contributed by atoms with van der Waals surface area (Å²) >= 11 is 0. The van der Waals surface area contributed by atoms with Crippen molar-refractivity contribution in [1.82, 2.24) is 0 Å². The van der Waals surface area contributed by atoms with Gasteiger partial charge < -0.3 is 10.2 Å². The monoisotopic (exact) mass is 472 g/mol. The number of aliphatic hydroxyl groups is 1. The van der Waals surface area contributed by atoms with Crippen LogP contribution in [0.3, 0.4) is 0 Å². The smallest absolute Gasteiger partial charge is 0.303 e. The predicted octanol–water partition coefficient (Wildman–Crippen LogP) is 3.31. The summed E-state index contributed by atoms with van der Waals surface area (Å²) < 4.78 is 0. The average Bonchev–Trinajstić information content (AvgIpc) is 2.97. The molecule has 0 heterocycles. The van der Waals surface area contributed by atoms with Gasteiger partial charge in [-0.1, -0.05) is 34.6 Å². The number of carbonyl (C=O) groups is 5. The van der Waals surface area contributed by atoms with E-state index in [0.29, 0.717) is 12.8 Å². The van der Waals surface area contributed by atoms with Crippen molar-refractivity contribution < 1.29 is 34.2 Å². The molecule has 0 aromatic carbocycles. The molecule has 0 radical (unpaired) electrons. The molecule has 7 atom stereocenters. The Morgan fingerprint density at radius 3 is 2.21 bits per heavy atom. The number of carboxylic acids is 1. The lowest BCUT2D eigenvalue weighted by atomic mass is 9.42. The third kappa shape index (κ3) is 2.82. The topological polar surface area (TPSA) is 126 Å². The van der Waals surface area contributed by atoms with Crippen molar-refractivity contribution in [2.75, 3.05) is 0 Å². The number of allylic oxidation sites excluding steroid dienone is 1. The van der Waals surface area contributed by atoms with Gasteiger partial charge in [0.05, 0.1) is 5.41 Å². The van der Waals surface area contributed by atoms with Crippen molar-refractivity contribution in [2.24, 2.45) is 39.4 Å². The van der Waals surface area contributed by atoms with E-state index in [1.165, 1.54) is 0 Å². The number of hydrogen-bond donors (Lipinski definition) is 2. The van der Waals surface area contributed by atoms with Gasteiger partial charge in [-0.3, -0.25) is 24.0 Å². The fourth-order valence-corrected chi connectivity index (χ4v) is 8.21. The molecule has 2 saturated carbocycles. The van der Waals surface area contributed by atoms with Crippen LogP contribution in [-0.4, -0.2) is 45.4 Å². The molecular weight excluding hydrogens is 436 g/mol. The number of aliphatic hydroxyl groups excluding tert-OH is 1. The summed E-state index contributed by atoms with van der Waals surface area (Å²) in [5, 5.41) is 20.7. The normalized spacial score (nSPS) is 42.3. The number of fused-ring (bicyclic) bond motifs is 4. The van der Waals surface area contributed by atoms with E-state index in [-0.39, 0.29) is 66.0 Å². The fourth-order valence-electron chi connectivity index (χ4n) is 8.21. The maximum absolute atomic E-state index is 13.9. The Bertz CT molecular complexity index is 1050. The average molecular weight is 473 g/mol. The number of carbonyl (C=O) groups excluding carboxylic acids is 4. The van der Waals surface area contributed by atoms with Crippen LogP contribution in [0.25, 0.3) is 0 Å². The SMILES string of the molecule is C[C@H](CCC(=O)O)[C@H]1CC(=O)[C@@]2(C)C3=C(C(=O)[C@H](O)[C@]12C)[C@@]1(C)CCC(=O)C(C)(C)[C@@H]1CC3=O. The zero-order valence-electron chi connectivity index (χ0n) is 21.0. The van der Waals surface area contributed by atoms with E-state index < -0.39 is 45.4 Å². The number of Topliss-reactive ketones (excluding diaryl/α,β-unsaturated/α-hetero) is 4. The highest BCUT2D eigenvalue weighted by molar-refractivity contribution is 6.18. The van der Waals surface area contributed by atoms with Crippen molar-refractivity contribution in [3.05, 3.63) is 11.1 Å². The van der Waals surface area contributed by atoms with E-state index in [1.54, 1.807) is 13.8 Å². The minimum atomic E-state index is -1.48. The number of hydrogen-bond acceptors (Lipinski definition) is 6. The van der Waals surface area contributed by atoms with Crippen LogP contribution in [0.2, 0.25) is 0 Å². The van der Waals surface area contributed by atoms with E-state index in [1.807, 2.05) is 27.7 Å². The molecule has 186 valence electrons. The highest BCUT2D eigenvalue weighted by Crippen LogP contribution is 2.69. The van der Waals surface area contributed by atoms with Crippen LogP contribution in [0.5, 0.6) is 0 Å². The predicted molar refractivity (Wildman–Crippen MR) is 123 cm³/mol. The van der Waals surface area contributed by atoms with Crippen LogP contribution < -0.4 is 0 Å². The van der Waals surface area contributed by atoms with Crippen molar-refractivity contribution in [2.45, 2.75) is 86.2 Å². The van der Waals surface area contributed by atoms with Crippen LogP contribution >= 0.6 is 0 Å². The largest absolute Gasteiger partial charge is 0.481 e. The quantitative estimate of drug-likeness (QED) is 0.643. The lowest BCUT2D eigenvalue weighted by molar-refractivity contribution is -0.158. The van der Waals surface area contributed by atoms with Crippen LogP contribution in [0.4, 0.5) is 0 Å². The van der Waals surface area contributed by atoms with Gasteiger partial charge in [0.2, 0.25) is 0 Å². The number of rotatable bonds is 4. The molecule has 2 N–H and O–H groups in total. The summed E-state index contributed by atoms with van der Waals surface area (Å²) in [6.07, 6.45) is -0.366. The molecule has 0 amide bonds. The Morgan fingerprint density at radius 2 is 1.62 bits per heavy atom. The summed E-state index contributed by atoms with van der Waals surface area (Å²) in [6, 6.07) is 0.